The highest BCUT2D eigenvalue weighted by Gasteiger charge is 2.44. The van der Waals surface area contributed by atoms with E-state index >= 15 is 0 Å². The van der Waals surface area contributed by atoms with Crippen molar-refractivity contribution in [2.75, 3.05) is 45.4 Å². The molecule has 3 rings (SSSR count). The number of nitrogens with zero attached hydrogens (tertiary/aromatic N) is 2. The molecule has 1 aromatic rings. The van der Waals surface area contributed by atoms with Gasteiger partial charge in [-0.1, -0.05) is 20.8 Å². The normalized spacial score (nSPS) is 26.1. The van der Waals surface area contributed by atoms with Crippen LogP contribution in [-0.4, -0.2) is 67.3 Å². The standard InChI is InChI=1S/C25H43N3O2S2/c1-19-15-25(23-22(8-12-29-25)14-20(2)31-23)9-11-28(19)18-21(16-26)17-27-10-13-30-32(6,7)24(3,4)5/h14,16-17,19H,8-13,15,18,26H2,1-7H3/b21-16+,27-17?/t19-,25+/m0/s1. The van der Waals surface area contributed by atoms with E-state index in [0.29, 0.717) is 19.2 Å². The predicted molar refractivity (Wildman–Crippen MR) is 141 cm³/mol. The molecular formula is C25H43N3O2S2. The second-order valence-electron chi connectivity index (χ2n) is 10.5. The second-order valence-corrected chi connectivity index (χ2v) is 15.7. The van der Waals surface area contributed by atoms with Crippen LogP contribution >= 0.6 is 21.6 Å². The number of hydrogen-bond acceptors (Lipinski definition) is 6. The van der Waals surface area contributed by atoms with Crippen molar-refractivity contribution in [2.45, 2.75) is 70.3 Å². The van der Waals surface area contributed by atoms with Gasteiger partial charge in [-0.15, -0.1) is 21.6 Å². The predicted octanol–water partition coefficient (Wildman–Crippen LogP) is 5.02. The number of aryl methyl sites for hydroxylation is 1. The maximum atomic E-state index is 6.45. The first-order valence-corrected chi connectivity index (χ1v) is 14.9. The molecule has 1 aromatic heterocycles. The molecule has 0 radical (unpaired) electrons. The van der Waals surface area contributed by atoms with E-state index in [2.05, 4.69) is 63.1 Å². The van der Waals surface area contributed by atoms with Crippen molar-refractivity contribution in [3.8, 4) is 0 Å². The molecule has 3 heterocycles. The third-order valence-corrected chi connectivity index (χ3v) is 12.1. The highest BCUT2D eigenvalue weighted by atomic mass is 32.3. The van der Waals surface area contributed by atoms with Crippen LogP contribution < -0.4 is 5.73 Å². The van der Waals surface area contributed by atoms with Gasteiger partial charge in [0.1, 0.15) is 5.60 Å². The molecule has 2 aliphatic heterocycles. The molecule has 5 nitrogen and oxygen atoms in total. The average molecular weight is 482 g/mol. The van der Waals surface area contributed by atoms with E-state index in [1.54, 1.807) is 6.20 Å². The van der Waals surface area contributed by atoms with Crippen LogP contribution in [-0.2, 0) is 20.9 Å². The fraction of sp³-hybridized carbons (Fsp3) is 0.720. The van der Waals surface area contributed by atoms with Gasteiger partial charge in [-0.2, -0.15) is 0 Å². The molecule has 0 aliphatic carbocycles. The average Bonchev–Trinajstić information content (AvgIpc) is 3.09. The van der Waals surface area contributed by atoms with Gasteiger partial charge in [0.05, 0.1) is 19.8 Å². The summed E-state index contributed by atoms with van der Waals surface area (Å²) < 4.78 is 12.8. The van der Waals surface area contributed by atoms with E-state index in [1.807, 2.05) is 17.6 Å². The lowest BCUT2D eigenvalue weighted by Gasteiger charge is -2.47. The number of fused-ring (bicyclic) bond motifs is 2. The lowest BCUT2D eigenvalue weighted by molar-refractivity contribution is -0.107. The summed E-state index contributed by atoms with van der Waals surface area (Å²) >= 11 is 1.93. The molecular weight excluding hydrogens is 438 g/mol. The molecule has 0 bridgehead atoms. The maximum Gasteiger partial charge on any atom is 0.105 e. The van der Waals surface area contributed by atoms with Gasteiger partial charge in [0.15, 0.2) is 0 Å². The fourth-order valence-corrected chi connectivity index (χ4v) is 6.50. The molecule has 0 saturated carbocycles. The van der Waals surface area contributed by atoms with E-state index < -0.39 is 10.3 Å². The van der Waals surface area contributed by atoms with Gasteiger partial charge in [-0.05, 0) is 69.0 Å². The van der Waals surface area contributed by atoms with Crippen LogP contribution in [0.15, 0.2) is 22.8 Å². The Labute approximate surface area is 201 Å². The van der Waals surface area contributed by atoms with Crippen molar-refractivity contribution in [1.82, 2.24) is 4.90 Å². The van der Waals surface area contributed by atoms with Crippen LogP contribution in [0.5, 0.6) is 0 Å². The number of likely N-dealkylation sites (tertiary alicyclic amines) is 1. The Balaban J connectivity index is 1.52. The summed E-state index contributed by atoms with van der Waals surface area (Å²) in [7, 11) is -1.10. The van der Waals surface area contributed by atoms with E-state index in [1.165, 1.54) is 15.3 Å². The van der Waals surface area contributed by atoms with Crippen molar-refractivity contribution >= 4 is 27.9 Å². The quantitative estimate of drug-likeness (QED) is 0.439. The lowest BCUT2D eigenvalue weighted by Crippen LogP contribution is -2.50. The summed E-state index contributed by atoms with van der Waals surface area (Å²) in [6.45, 7) is 15.2. The fourth-order valence-electron chi connectivity index (χ4n) is 4.41. The van der Waals surface area contributed by atoms with Gasteiger partial charge in [0, 0.05) is 39.8 Å². The topological polar surface area (TPSA) is 60.1 Å². The van der Waals surface area contributed by atoms with Crippen LogP contribution in [0.25, 0.3) is 0 Å². The van der Waals surface area contributed by atoms with Crippen LogP contribution in [0.1, 0.15) is 55.9 Å². The Bertz CT molecular complexity index is 841. The first-order chi connectivity index (χ1) is 15.0. The number of nitrogens with two attached hydrogens (primary N) is 1. The zero-order valence-electron chi connectivity index (χ0n) is 21.1. The molecule has 7 heteroatoms. The summed E-state index contributed by atoms with van der Waals surface area (Å²) in [5.74, 6) is 0. The van der Waals surface area contributed by atoms with Crippen molar-refractivity contribution in [3.63, 3.8) is 0 Å². The van der Waals surface area contributed by atoms with Crippen molar-refractivity contribution in [1.29, 1.82) is 0 Å². The van der Waals surface area contributed by atoms with Gasteiger partial charge in [0.25, 0.3) is 0 Å². The minimum absolute atomic E-state index is 0.0946. The summed E-state index contributed by atoms with van der Waals surface area (Å²) in [6, 6.07) is 2.79. The minimum atomic E-state index is -1.10. The maximum absolute atomic E-state index is 6.45. The van der Waals surface area contributed by atoms with Gasteiger partial charge in [-0.25, -0.2) is 0 Å². The van der Waals surface area contributed by atoms with E-state index in [0.717, 1.165) is 44.5 Å². The van der Waals surface area contributed by atoms with Crippen LogP contribution in [0.2, 0.25) is 0 Å². The lowest BCUT2D eigenvalue weighted by atomic mass is 9.82. The van der Waals surface area contributed by atoms with E-state index in [-0.39, 0.29) is 10.3 Å². The Morgan fingerprint density at radius 3 is 2.84 bits per heavy atom. The van der Waals surface area contributed by atoms with E-state index in [4.69, 9.17) is 14.7 Å². The SMILES string of the molecule is Cc1cc2c(s1)[C@]1(CCN(C/C(C=NCCOS(C)(C)C(C)(C)C)=C/N)[C@@H](C)C1)OCC2. The molecule has 0 unspecified atom stereocenters. The number of thiophene rings is 1. The number of aliphatic imine (C=N–C) groups is 1. The summed E-state index contributed by atoms with van der Waals surface area (Å²) in [4.78, 5) is 9.99. The van der Waals surface area contributed by atoms with Gasteiger partial charge in [0.2, 0.25) is 0 Å². The Hall–Kier alpha value is -0.860. The van der Waals surface area contributed by atoms with Gasteiger partial charge in [-0.3, -0.25) is 9.89 Å². The Morgan fingerprint density at radius 1 is 1.44 bits per heavy atom. The van der Waals surface area contributed by atoms with Crippen molar-refractivity contribution in [3.05, 3.63) is 33.2 Å². The van der Waals surface area contributed by atoms with Crippen molar-refractivity contribution < 1.29 is 8.92 Å². The van der Waals surface area contributed by atoms with Crippen LogP contribution in [0, 0.1) is 6.92 Å². The minimum Gasteiger partial charge on any atom is -0.404 e. The Morgan fingerprint density at radius 2 is 2.19 bits per heavy atom. The number of piperidine rings is 1. The second kappa shape index (κ2) is 10.2. The molecule has 1 spiro atoms. The number of rotatable bonds is 7. The zero-order valence-corrected chi connectivity index (χ0v) is 22.7. The first-order valence-electron chi connectivity index (χ1n) is 11.7. The summed E-state index contributed by atoms with van der Waals surface area (Å²) in [5, 5.41) is 0. The third-order valence-electron chi connectivity index (χ3n) is 7.08. The molecule has 0 amide bonds. The highest BCUT2D eigenvalue weighted by Crippen LogP contribution is 2.53. The third kappa shape index (κ3) is 5.79. The first kappa shape index (κ1) is 25.8. The summed E-state index contributed by atoms with van der Waals surface area (Å²) in [5.41, 5.74) is 8.42. The monoisotopic (exact) mass is 481 g/mol. The molecule has 2 aliphatic rings. The molecule has 182 valence electrons. The number of ether oxygens (including phenoxy) is 1. The molecule has 2 atom stereocenters. The van der Waals surface area contributed by atoms with Crippen molar-refractivity contribution in [2.24, 2.45) is 10.7 Å². The largest absolute Gasteiger partial charge is 0.404 e. The highest BCUT2D eigenvalue weighted by molar-refractivity contribution is 8.29. The van der Waals surface area contributed by atoms with Crippen LogP contribution in [0.3, 0.4) is 0 Å². The van der Waals surface area contributed by atoms with E-state index in [9.17, 15) is 0 Å². The molecule has 1 fully saturated rings. The van der Waals surface area contributed by atoms with Gasteiger partial charge >= 0.3 is 0 Å². The van der Waals surface area contributed by atoms with Crippen LogP contribution in [0.4, 0.5) is 0 Å². The number of hydrogen-bond donors (Lipinski definition) is 1. The Kier molecular flexibility index (Phi) is 8.19. The summed E-state index contributed by atoms with van der Waals surface area (Å²) in [6.07, 6.45) is 11.2. The molecule has 2 N–H and O–H groups in total. The zero-order chi connectivity index (χ0) is 23.6. The smallest absolute Gasteiger partial charge is 0.105 e. The molecule has 32 heavy (non-hydrogen) atoms. The van der Waals surface area contributed by atoms with Gasteiger partial charge < -0.3 is 14.7 Å². The molecule has 1 saturated heterocycles. The molecule has 0 aromatic carbocycles.